The van der Waals surface area contributed by atoms with Crippen LogP contribution in [0.15, 0.2) is 29.6 Å². The Bertz CT molecular complexity index is 773. The van der Waals surface area contributed by atoms with Gasteiger partial charge in [-0.05, 0) is 29.6 Å². The van der Waals surface area contributed by atoms with Crippen molar-refractivity contribution in [3.8, 4) is 22.9 Å². The van der Waals surface area contributed by atoms with Crippen LogP contribution in [0, 0.1) is 0 Å². The van der Waals surface area contributed by atoms with Crippen molar-refractivity contribution in [1.29, 1.82) is 0 Å². The molecule has 0 amide bonds. The molecule has 0 atom stereocenters. The minimum atomic E-state index is 0.459. The van der Waals surface area contributed by atoms with Crippen LogP contribution < -0.4 is 9.47 Å². The normalized spacial score (nSPS) is 10.8. The van der Waals surface area contributed by atoms with Gasteiger partial charge in [0.25, 0.3) is 0 Å². The second kappa shape index (κ2) is 5.26. The van der Waals surface area contributed by atoms with E-state index in [1.807, 2.05) is 29.6 Å². The summed E-state index contributed by atoms with van der Waals surface area (Å²) >= 11 is 7.72. The van der Waals surface area contributed by atoms with E-state index in [0.29, 0.717) is 22.5 Å². The average Bonchev–Trinajstić information content (AvgIpc) is 2.95. The minimum Gasteiger partial charge on any atom is -0.493 e. The fourth-order valence-electron chi connectivity index (χ4n) is 1.92. The number of rotatable bonds is 3. The van der Waals surface area contributed by atoms with Crippen molar-refractivity contribution >= 4 is 33.2 Å². The van der Waals surface area contributed by atoms with Crippen LogP contribution in [0.2, 0.25) is 5.15 Å². The van der Waals surface area contributed by atoms with Crippen molar-refractivity contribution < 1.29 is 9.47 Å². The first-order valence-electron chi connectivity index (χ1n) is 5.86. The number of ether oxygens (including phenoxy) is 2. The topological polar surface area (TPSA) is 44.2 Å². The number of thiophene rings is 1. The number of methoxy groups -OCH3 is 2. The van der Waals surface area contributed by atoms with Gasteiger partial charge in [0.1, 0.15) is 9.98 Å². The molecule has 0 aliphatic heterocycles. The highest BCUT2D eigenvalue weighted by atomic mass is 35.5. The fourth-order valence-corrected chi connectivity index (χ4v) is 2.98. The maximum Gasteiger partial charge on any atom is 0.162 e. The zero-order chi connectivity index (χ0) is 14.1. The SMILES string of the molecule is COc1ccc(-c2nc(Cl)c3ccsc3n2)cc1OC. The van der Waals surface area contributed by atoms with E-state index in [0.717, 1.165) is 15.8 Å². The largest absolute Gasteiger partial charge is 0.493 e. The molecule has 20 heavy (non-hydrogen) atoms. The highest BCUT2D eigenvalue weighted by Gasteiger charge is 2.11. The molecule has 3 aromatic rings. The van der Waals surface area contributed by atoms with Crippen molar-refractivity contribution in [3.63, 3.8) is 0 Å². The number of fused-ring (bicyclic) bond motifs is 1. The van der Waals surface area contributed by atoms with Crippen molar-refractivity contribution in [2.75, 3.05) is 14.2 Å². The summed E-state index contributed by atoms with van der Waals surface area (Å²) in [6.07, 6.45) is 0. The molecule has 2 aromatic heterocycles. The second-order valence-electron chi connectivity index (χ2n) is 4.05. The van der Waals surface area contributed by atoms with E-state index in [2.05, 4.69) is 9.97 Å². The van der Waals surface area contributed by atoms with Crippen molar-refractivity contribution in [3.05, 3.63) is 34.8 Å². The molecule has 0 radical (unpaired) electrons. The maximum absolute atomic E-state index is 6.19. The summed E-state index contributed by atoms with van der Waals surface area (Å²) in [5, 5.41) is 3.28. The molecule has 0 spiro atoms. The summed E-state index contributed by atoms with van der Waals surface area (Å²) in [7, 11) is 3.19. The van der Waals surface area contributed by atoms with Crippen LogP contribution in [0.3, 0.4) is 0 Å². The van der Waals surface area contributed by atoms with E-state index < -0.39 is 0 Å². The van der Waals surface area contributed by atoms with Gasteiger partial charge in [0.2, 0.25) is 0 Å². The van der Waals surface area contributed by atoms with Crippen LogP contribution >= 0.6 is 22.9 Å². The lowest BCUT2D eigenvalue weighted by Gasteiger charge is -2.09. The number of benzene rings is 1. The molecule has 102 valence electrons. The maximum atomic E-state index is 6.19. The summed E-state index contributed by atoms with van der Waals surface area (Å²) in [6.45, 7) is 0. The van der Waals surface area contributed by atoms with Gasteiger partial charge in [-0.1, -0.05) is 11.6 Å². The lowest BCUT2D eigenvalue weighted by molar-refractivity contribution is 0.355. The Kier molecular flexibility index (Phi) is 3.46. The van der Waals surface area contributed by atoms with Gasteiger partial charge in [0.15, 0.2) is 17.3 Å². The predicted molar refractivity (Wildman–Crippen MR) is 81.0 cm³/mol. The second-order valence-corrected chi connectivity index (χ2v) is 5.30. The van der Waals surface area contributed by atoms with Crippen LogP contribution in [-0.2, 0) is 0 Å². The molecule has 0 unspecified atom stereocenters. The fraction of sp³-hybridized carbons (Fsp3) is 0.143. The molecule has 6 heteroatoms. The standard InChI is InChI=1S/C14H11ClN2O2S/c1-18-10-4-3-8(7-11(10)19-2)13-16-12(15)9-5-6-20-14(9)17-13/h3-7H,1-2H3. The molecule has 3 rings (SSSR count). The number of hydrogen-bond acceptors (Lipinski definition) is 5. The summed E-state index contributed by atoms with van der Waals surface area (Å²) in [5.74, 6) is 1.88. The zero-order valence-electron chi connectivity index (χ0n) is 10.9. The summed E-state index contributed by atoms with van der Waals surface area (Å²) in [4.78, 5) is 9.73. The van der Waals surface area contributed by atoms with Gasteiger partial charge < -0.3 is 9.47 Å². The van der Waals surface area contributed by atoms with Crippen LogP contribution in [0.1, 0.15) is 0 Å². The molecular weight excluding hydrogens is 296 g/mol. The van der Waals surface area contributed by atoms with Crippen molar-refractivity contribution in [1.82, 2.24) is 9.97 Å². The van der Waals surface area contributed by atoms with Gasteiger partial charge in [-0.2, -0.15) is 0 Å². The first-order chi connectivity index (χ1) is 9.72. The Hall–Kier alpha value is -1.85. The van der Waals surface area contributed by atoms with Gasteiger partial charge in [-0.25, -0.2) is 9.97 Å². The van der Waals surface area contributed by atoms with Gasteiger partial charge in [0.05, 0.1) is 14.2 Å². The third-order valence-electron chi connectivity index (χ3n) is 2.92. The van der Waals surface area contributed by atoms with Crippen molar-refractivity contribution in [2.45, 2.75) is 0 Å². The summed E-state index contributed by atoms with van der Waals surface area (Å²) < 4.78 is 10.5. The molecule has 0 fully saturated rings. The third-order valence-corrected chi connectivity index (χ3v) is 4.02. The van der Waals surface area contributed by atoms with E-state index in [9.17, 15) is 0 Å². The van der Waals surface area contributed by atoms with Gasteiger partial charge in [0, 0.05) is 10.9 Å². The van der Waals surface area contributed by atoms with Crippen LogP contribution in [0.5, 0.6) is 11.5 Å². The Morgan fingerprint density at radius 1 is 1.05 bits per heavy atom. The summed E-state index contributed by atoms with van der Waals surface area (Å²) in [6, 6.07) is 7.46. The van der Waals surface area contributed by atoms with E-state index in [4.69, 9.17) is 21.1 Å². The molecular formula is C14H11ClN2O2S. The molecule has 1 aromatic carbocycles. The Balaban J connectivity index is 2.14. The molecule has 0 saturated heterocycles. The molecule has 0 aliphatic rings. The average molecular weight is 307 g/mol. The van der Waals surface area contributed by atoms with E-state index in [-0.39, 0.29) is 0 Å². The third kappa shape index (κ3) is 2.19. The van der Waals surface area contributed by atoms with Crippen LogP contribution in [0.4, 0.5) is 0 Å². The van der Waals surface area contributed by atoms with Gasteiger partial charge in [-0.3, -0.25) is 0 Å². The highest BCUT2D eigenvalue weighted by Crippen LogP contribution is 2.33. The van der Waals surface area contributed by atoms with Crippen LogP contribution in [-0.4, -0.2) is 24.2 Å². The summed E-state index contributed by atoms with van der Waals surface area (Å²) in [5.41, 5.74) is 0.833. The minimum absolute atomic E-state index is 0.459. The smallest absolute Gasteiger partial charge is 0.162 e. The highest BCUT2D eigenvalue weighted by molar-refractivity contribution is 7.16. The molecule has 0 bridgehead atoms. The Morgan fingerprint density at radius 2 is 1.85 bits per heavy atom. The van der Waals surface area contributed by atoms with Crippen LogP contribution in [0.25, 0.3) is 21.6 Å². The lowest BCUT2D eigenvalue weighted by Crippen LogP contribution is -1.93. The van der Waals surface area contributed by atoms with Crippen molar-refractivity contribution in [2.24, 2.45) is 0 Å². The number of hydrogen-bond donors (Lipinski definition) is 0. The van der Waals surface area contributed by atoms with Gasteiger partial charge in [-0.15, -0.1) is 11.3 Å². The molecule has 0 saturated carbocycles. The Labute approximate surface area is 125 Å². The predicted octanol–water partition coefficient (Wildman–Crippen LogP) is 4.03. The van der Waals surface area contributed by atoms with E-state index >= 15 is 0 Å². The number of halogens is 1. The molecule has 2 heterocycles. The number of nitrogens with zero attached hydrogens (tertiary/aromatic N) is 2. The molecule has 4 nitrogen and oxygen atoms in total. The Morgan fingerprint density at radius 3 is 2.60 bits per heavy atom. The van der Waals surface area contributed by atoms with E-state index in [1.165, 1.54) is 11.3 Å². The molecule has 0 aliphatic carbocycles. The molecule has 0 N–H and O–H groups in total. The lowest BCUT2D eigenvalue weighted by atomic mass is 10.2. The first-order valence-corrected chi connectivity index (χ1v) is 7.12. The van der Waals surface area contributed by atoms with E-state index in [1.54, 1.807) is 14.2 Å². The monoisotopic (exact) mass is 306 g/mol. The quantitative estimate of drug-likeness (QED) is 0.685. The first kappa shape index (κ1) is 13.1. The van der Waals surface area contributed by atoms with Gasteiger partial charge >= 0.3 is 0 Å². The number of aromatic nitrogens is 2. The zero-order valence-corrected chi connectivity index (χ0v) is 12.5.